The molecule has 5 nitrogen and oxygen atoms in total. The maximum absolute atomic E-state index is 6.04. The summed E-state index contributed by atoms with van der Waals surface area (Å²) in [7, 11) is 3.88. The third-order valence-electron chi connectivity index (χ3n) is 4.67. The van der Waals surface area contributed by atoms with Gasteiger partial charge in [0, 0.05) is 40.4 Å². The van der Waals surface area contributed by atoms with Crippen LogP contribution in [0.3, 0.4) is 0 Å². The van der Waals surface area contributed by atoms with Gasteiger partial charge in [0.1, 0.15) is 0 Å². The average Bonchev–Trinajstić information content (AvgIpc) is 3.21. The van der Waals surface area contributed by atoms with Crippen LogP contribution in [0.4, 0.5) is 0 Å². The maximum Gasteiger partial charge on any atom is 0.193 e. The lowest BCUT2D eigenvalue weighted by Gasteiger charge is -2.23. The molecule has 2 heterocycles. The summed E-state index contributed by atoms with van der Waals surface area (Å²) in [6, 6.07) is 10.7. The van der Waals surface area contributed by atoms with Crippen molar-refractivity contribution in [1.29, 1.82) is 0 Å². The molecule has 1 saturated heterocycles. The Balaban J connectivity index is 1.49. The second-order valence-corrected chi connectivity index (χ2v) is 7.61. The molecule has 0 atom stereocenters. The zero-order chi connectivity index (χ0) is 18.9. The molecule has 0 unspecified atom stereocenters. The van der Waals surface area contributed by atoms with Gasteiger partial charge < -0.3 is 19.7 Å². The van der Waals surface area contributed by atoms with E-state index in [9.17, 15) is 0 Å². The highest BCUT2D eigenvalue weighted by molar-refractivity contribution is 7.07. The van der Waals surface area contributed by atoms with Crippen molar-refractivity contribution in [2.75, 3.05) is 27.3 Å². The van der Waals surface area contributed by atoms with Gasteiger partial charge in [-0.05, 0) is 46.4 Å². The number of hydrogen-bond donors (Lipinski definition) is 1. The quantitative estimate of drug-likeness (QED) is 0.582. The number of thiophene rings is 1. The number of hydrogen-bond acceptors (Lipinski definition) is 4. The maximum atomic E-state index is 6.04. The fourth-order valence-electron chi connectivity index (χ4n) is 3.18. The normalized spacial score (nSPS) is 15.7. The number of rotatable bonds is 7. The Morgan fingerprint density at radius 1 is 1.26 bits per heavy atom. The van der Waals surface area contributed by atoms with Crippen LogP contribution in [0.5, 0.6) is 0 Å². The second kappa shape index (κ2) is 10.4. The number of ether oxygens (including phenoxy) is 2. The third kappa shape index (κ3) is 6.34. The second-order valence-electron chi connectivity index (χ2n) is 6.83. The molecule has 0 amide bonds. The minimum atomic E-state index is 0.324. The lowest BCUT2D eigenvalue weighted by molar-refractivity contribution is -0.0390. The van der Waals surface area contributed by atoms with Crippen molar-refractivity contribution in [2.24, 2.45) is 4.99 Å². The molecule has 1 fully saturated rings. The zero-order valence-corrected chi connectivity index (χ0v) is 17.0. The molecule has 0 bridgehead atoms. The van der Waals surface area contributed by atoms with Crippen LogP contribution in [0.25, 0.3) is 0 Å². The number of nitrogens with zero attached hydrogens (tertiary/aromatic N) is 2. The van der Waals surface area contributed by atoms with Gasteiger partial charge in [0.2, 0.25) is 0 Å². The van der Waals surface area contributed by atoms with Gasteiger partial charge in [-0.3, -0.25) is 4.99 Å². The van der Waals surface area contributed by atoms with Gasteiger partial charge in [-0.2, -0.15) is 11.3 Å². The summed E-state index contributed by atoms with van der Waals surface area (Å²) in [6.07, 6.45) is 2.31. The molecular formula is C21H29N3O2S. The van der Waals surface area contributed by atoms with Crippen LogP contribution < -0.4 is 5.32 Å². The van der Waals surface area contributed by atoms with Crippen LogP contribution in [0, 0.1) is 0 Å². The van der Waals surface area contributed by atoms with E-state index in [-0.39, 0.29) is 0 Å². The summed E-state index contributed by atoms with van der Waals surface area (Å²) >= 11 is 1.72. The van der Waals surface area contributed by atoms with Crippen molar-refractivity contribution < 1.29 is 9.47 Å². The number of aliphatic imine (C=N–C) groups is 1. The molecule has 6 heteroatoms. The molecular weight excluding hydrogens is 358 g/mol. The van der Waals surface area contributed by atoms with Crippen LogP contribution in [-0.2, 0) is 29.2 Å². The first-order chi connectivity index (χ1) is 13.2. The molecule has 27 heavy (non-hydrogen) atoms. The van der Waals surface area contributed by atoms with Crippen LogP contribution in [0.1, 0.15) is 29.5 Å². The van der Waals surface area contributed by atoms with Gasteiger partial charge >= 0.3 is 0 Å². The number of guanidine groups is 1. The van der Waals surface area contributed by atoms with E-state index in [2.05, 4.69) is 63.3 Å². The summed E-state index contributed by atoms with van der Waals surface area (Å²) in [5.74, 6) is 0.894. The Morgan fingerprint density at radius 3 is 2.81 bits per heavy atom. The molecule has 1 aromatic heterocycles. The highest BCUT2D eigenvalue weighted by atomic mass is 32.1. The monoisotopic (exact) mass is 387 g/mol. The fourth-order valence-corrected chi connectivity index (χ4v) is 3.84. The molecule has 0 radical (unpaired) electrons. The van der Waals surface area contributed by atoms with Crippen molar-refractivity contribution in [3.8, 4) is 0 Å². The number of nitrogens with one attached hydrogen (secondary N) is 1. The summed E-state index contributed by atoms with van der Waals surface area (Å²) in [5, 5.41) is 7.73. The third-order valence-corrected chi connectivity index (χ3v) is 5.40. The van der Waals surface area contributed by atoms with Gasteiger partial charge in [-0.25, -0.2) is 0 Å². The first kappa shape index (κ1) is 19.9. The van der Waals surface area contributed by atoms with E-state index in [1.807, 2.05) is 7.05 Å². The average molecular weight is 388 g/mol. The van der Waals surface area contributed by atoms with Crippen LogP contribution >= 0.6 is 11.3 Å². The first-order valence-electron chi connectivity index (χ1n) is 9.44. The van der Waals surface area contributed by atoms with E-state index in [0.29, 0.717) is 12.7 Å². The minimum Gasteiger partial charge on any atom is -0.381 e. The van der Waals surface area contributed by atoms with Crippen molar-refractivity contribution in [3.63, 3.8) is 0 Å². The molecule has 0 spiro atoms. The Hall–Kier alpha value is -1.89. The molecule has 1 N–H and O–H groups in total. The Morgan fingerprint density at radius 2 is 2.07 bits per heavy atom. The predicted octanol–water partition coefficient (Wildman–Crippen LogP) is 3.65. The van der Waals surface area contributed by atoms with Crippen molar-refractivity contribution >= 4 is 17.3 Å². The Bertz CT molecular complexity index is 712. The molecule has 2 aromatic rings. The summed E-state index contributed by atoms with van der Waals surface area (Å²) in [6.45, 7) is 3.87. The van der Waals surface area contributed by atoms with Crippen molar-refractivity contribution in [2.45, 2.75) is 38.6 Å². The predicted molar refractivity (Wildman–Crippen MR) is 111 cm³/mol. The Labute approximate surface area is 166 Å². The lowest BCUT2D eigenvalue weighted by atomic mass is 10.1. The van der Waals surface area contributed by atoms with E-state index in [0.717, 1.165) is 45.1 Å². The zero-order valence-electron chi connectivity index (χ0n) is 16.2. The van der Waals surface area contributed by atoms with E-state index < -0.39 is 0 Å². The van der Waals surface area contributed by atoms with E-state index in [1.165, 1.54) is 16.7 Å². The van der Waals surface area contributed by atoms with Crippen LogP contribution in [-0.4, -0.2) is 44.3 Å². The smallest absolute Gasteiger partial charge is 0.193 e. The minimum absolute atomic E-state index is 0.324. The van der Waals surface area contributed by atoms with Gasteiger partial charge in [0.05, 0.1) is 12.7 Å². The van der Waals surface area contributed by atoms with E-state index in [1.54, 1.807) is 11.3 Å². The molecule has 1 aromatic carbocycles. The largest absolute Gasteiger partial charge is 0.381 e. The molecule has 0 saturated carbocycles. The van der Waals surface area contributed by atoms with Gasteiger partial charge in [-0.15, -0.1) is 0 Å². The van der Waals surface area contributed by atoms with Gasteiger partial charge in [0.25, 0.3) is 0 Å². The summed E-state index contributed by atoms with van der Waals surface area (Å²) < 4.78 is 11.4. The molecule has 146 valence electrons. The highest BCUT2D eigenvalue weighted by Gasteiger charge is 2.14. The van der Waals surface area contributed by atoms with Crippen LogP contribution in [0.15, 0.2) is 46.1 Å². The lowest BCUT2D eigenvalue weighted by Crippen LogP contribution is -2.37. The highest BCUT2D eigenvalue weighted by Crippen LogP contribution is 2.14. The first-order valence-corrected chi connectivity index (χ1v) is 10.4. The Kier molecular flexibility index (Phi) is 7.68. The standard InChI is InChI=1S/C21H29N3O2S/c1-22-21(24(2)14-19-8-11-27-16-19)23-13-17-4-3-5-18(12-17)15-26-20-6-9-25-10-7-20/h3-5,8,11-12,16,20H,6-7,9-10,13-15H2,1-2H3,(H,22,23). The SMILES string of the molecule is CN=C(NCc1cccc(COC2CCOCC2)c1)N(C)Cc1ccsc1. The summed E-state index contributed by atoms with van der Waals surface area (Å²) in [4.78, 5) is 6.54. The molecule has 3 rings (SSSR count). The van der Waals surface area contributed by atoms with Crippen molar-refractivity contribution in [1.82, 2.24) is 10.2 Å². The molecule has 1 aliphatic heterocycles. The van der Waals surface area contributed by atoms with E-state index >= 15 is 0 Å². The summed E-state index contributed by atoms with van der Waals surface area (Å²) in [5.41, 5.74) is 3.74. The topological polar surface area (TPSA) is 46.1 Å². The molecule has 1 aliphatic rings. The van der Waals surface area contributed by atoms with Crippen LogP contribution in [0.2, 0.25) is 0 Å². The van der Waals surface area contributed by atoms with E-state index in [4.69, 9.17) is 9.47 Å². The number of benzene rings is 1. The van der Waals surface area contributed by atoms with Gasteiger partial charge in [-0.1, -0.05) is 24.3 Å². The fraction of sp³-hybridized carbons (Fsp3) is 0.476. The van der Waals surface area contributed by atoms with Gasteiger partial charge in [0.15, 0.2) is 5.96 Å². The van der Waals surface area contributed by atoms with Crippen molar-refractivity contribution in [3.05, 3.63) is 57.8 Å². The molecule has 0 aliphatic carbocycles.